The molecular formula is C18H23N3O5S. The Morgan fingerprint density at radius 2 is 1.89 bits per heavy atom. The Morgan fingerprint density at radius 1 is 1.11 bits per heavy atom. The fourth-order valence-electron chi connectivity index (χ4n) is 2.37. The molecule has 1 aromatic heterocycles. The number of nitrogens with zero attached hydrogens (tertiary/aromatic N) is 2. The van der Waals surface area contributed by atoms with Gasteiger partial charge in [-0.3, -0.25) is 14.4 Å². The van der Waals surface area contributed by atoms with Crippen LogP contribution in [0.1, 0.15) is 44.9 Å². The number of imide groups is 1. The number of thioether (sulfide) groups is 1. The third-order valence-corrected chi connectivity index (χ3v) is 4.74. The van der Waals surface area contributed by atoms with E-state index in [1.807, 2.05) is 18.2 Å². The molecule has 3 amide bonds. The Morgan fingerprint density at radius 3 is 2.59 bits per heavy atom. The number of hydroxylamine groups is 2. The first-order chi connectivity index (χ1) is 13.1. The van der Waals surface area contributed by atoms with E-state index in [-0.39, 0.29) is 25.2 Å². The molecule has 1 N–H and O–H groups in total. The highest BCUT2D eigenvalue weighted by atomic mass is 32.2. The first kappa shape index (κ1) is 20.9. The second-order valence-corrected chi connectivity index (χ2v) is 7.09. The zero-order chi connectivity index (χ0) is 19.5. The van der Waals surface area contributed by atoms with Gasteiger partial charge in [-0.1, -0.05) is 12.5 Å². The lowest BCUT2D eigenvalue weighted by Gasteiger charge is -2.12. The van der Waals surface area contributed by atoms with Gasteiger partial charge in [-0.05, 0) is 25.0 Å². The number of amides is 3. The van der Waals surface area contributed by atoms with Crippen molar-refractivity contribution in [2.75, 3.05) is 12.3 Å². The molecule has 0 spiro atoms. The Labute approximate surface area is 162 Å². The lowest BCUT2D eigenvalue weighted by atomic mass is 10.2. The maximum atomic E-state index is 11.7. The van der Waals surface area contributed by atoms with Crippen molar-refractivity contribution in [1.29, 1.82) is 0 Å². The molecule has 1 aromatic rings. The van der Waals surface area contributed by atoms with Crippen molar-refractivity contribution in [2.24, 2.45) is 0 Å². The standard InChI is InChI=1S/C18H23N3O5S/c22-14(10-13-27-15-6-3-5-12-20-15)19-11-4-1-2-7-18(25)26-21-16(23)8-9-17(21)24/h3,5-6,12H,1-2,4,7-11,13H2,(H,19,22). The van der Waals surface area contributed by atoms with Gasteiger partial charge in [-0.15, -0.1) is 16.8 Å². The third kappa shape index (κ3) is 7.78. The Balaban J connectivity index is 1.45. The molecule has 1 saturated heterocycles. The summed E-state index contributed by atoms with van der Waals surface area (Å²) in [6.45, 7) is 0.547. The smallest absolute Gasteiger partial charge is 0.333 e. The molecule has 146 valence electrons. The molecule has 0 aliphatic carbocycles. The molecule has 0 aromatic carbocycles. The number of carbonyl (C=O) groups excluding carboxylic acids is 4. The van der Waals surface area contributed by atoms with Gasteiger partial charge in [0, 0.05) is 44.2 Å². The van der Waals surface area contributed by atoms with Crippen molar-refractivity contribution in [1.82, 2.24) is 15.4 Å². The van der Waals surface area contributed by atoms with Crippen LogP contribution in [0.3, 0.4) is 0 Å². The molecule has 1 aliphatic heterocycles. The van der Waals surface area contributed by atoms with Gasteiger partial charge < -0.3 is 10.2 Å². The van der Waals surface area contributed by atoms with Gasteiger partial charge in [0.15, 0.2) is 0 Å². The summed E-state index contributed by atoms with van der Waals surface area (Å²) < 4.78 is 0. The average Bonchev–Trinajstić information content (AvgIpc) is 2.97. The number of hydrogen-bond donors (Lipinski definition) is 1. The van der Waals surface area contributed by atoms with Gasteiger partial charge in [-0.25, -0.2) is 9.78 Å². The van der Waals surface area contributed by atoms with Crippen LogP contribution in [0.4, 0.5) is 0 Å². The monoisotopic (exact) mass is 393 g/mol. The molecule has 1 aliphatic rings. The van der Waals surface area contributed by atoms with E-state index in [1.165, 1.54) is 11.8 Å². The Hall–Kier alpha value is -2.42. The van der Waals surface area contributed by atoms with E-state index in [9.17, 15) is 19.2 Å². The van der Waals surface area contributed by atoms with Crippen LogP contribution in [0.25, 0.3) is 0 Å². The number of pyridine rings is 1. The third-order valence-electron chi connectivity index (χ3n) is 3.80. The molecule has 1 fully saturated rings. The summed E-state index contributed by atoms with van der Waals surface area (Å²) >= 11 is 1.54. The average molecular weight is 393 g/mol. The van der Waals surface area contributed by atoms with Crippen LogP contribution < -0.4 is 5.32 Å². The number of hydrogen-bond acceptors (Lipinski definition) is 7. The predicted octanol–water partition coefficient (Wildman–Crippen LogP) is 1.85. The van der Waals surface area contributed by atoms with Crippen molar-refractivity contribution in [3.05, 3.63) is 24.4 Å². The number of nitrogens with one attached hydrogen (secondary N) is 1. The molecule has 27 heavy (non-hydrogen) atoms. The second-order valence-electron chi connectivity index (χ2n) is 5.97. The molecule has 0 atom stereocenters. The second kappa shape index (κ2) is 11.3. The Bertz CT molecular complexity index is 652. The summed E-state index contributed by atoms with van der Waals surface area (Å²) in [6, 6.07) is 5.66. The maximum Gasteiger partial charge on any atom is 0.333 e. The zero-order valence-corrected chi connectivity index (χ0v) is 15.8. The van der Waals surface area contributed by atoms with Gasteiger partial charge in [0.25, 0.3) is 11.8 Å². The van der Waals surface area contributed by atoms with Crippen LogP contribution in [-0.2, 0) is 24.0 Å². The highest BCUT2D eigenvalue weighted by Gasteiger charge is 2.32. The number of unbranched alkanes of at least 4 members (excludes halogenated alkanes) is 2. The normalized spacial score (nSPS) is 13.7. The van der Waals surface area contributed by atoms with Gasteiger partial charge >= 0.3 is 5.97 Å². The number of rotatable bonds is 11. The fraction of sp³-hybridized carbons (Fsp3) is 0.500. The van der Waals surface area contributed by atoms with Gasteiger partial charge in [0.1, 0.15) is 0 Å². The topological polar surface area (TPSA) is 106 Å². The van der Waals surface area contributed by atoms with Crippen molar-refractivity contribution >= 4 is 35.5 Å². The summed E-state index contributed by atoms with van der Waals surface area (Å²) in [5.74, 6) is -0.879. The minimum atomic E-state index is -0.589. The summed E-state index contributed by atoms with van der Waals surface area (Å²) in [4.78, 5) is 55.0. The molecule has 9 heteroatoms. The summed E-state index contributed by atoms with van der Waals surface area (Å²) in [5.41, 5.74) is 0. The highest BCUT2D eigenvalue weighted by Crippen LogP contribution is 2.15. The Kier molecular flexibility index (Phi) is 8.76. The summed E-state index contributed by atoms with van der Waals surface area (Å²) in [7, 11) is 0. The minimum absolute atomic E-state index is 0.0103. The summed E-state index contributed by atoms with van der Waals surface area (Å²) in [5, 5.41) is 4.30. The lowest BCUT2D eigenvalue weighted by Crippen LogP contribution is -2.31. The quantitative estimate of drug-likeness (QED) is 0.347. The van der Waals surface area contributed by atoms with Crippen LogP contribution >= 0.6 is 11.8 Å². The van der Waals surface area contributed by atoms with Gasteiger partial charge in [0.2, 0.25) is 5.91 Å². The SMILES string of the molecule is O=C(CCSc1ccccn1)NCCCCCC(=O)ON1C(=O)CCC1=O. The molecule has 0 saturated carbocycles. The molecule has 8 nitrogen and oxygen atoms in total. The lowest BCUT2D eigenvalue weighted by molar-refractivity contribution is -0.197. The fourth-order valence-corrected chi connectivity index (χ4v) is 3.18. The largest absolute Gasteiger partial charge is 0.356 e. The predicted molar refractivity (Wildman–Crippen MR) is 98.2 cm³/mol. The van der Waals surface area contributed by atoms with Crippen molar-refractivity contribution in [3.63, 3.8) is 0 Å². The van der Waals surface area contributed by atoms with Gasteiger partial charge in [-0.2, -0.15) is 0 Å². The van der Waals surface area contributed by atoms with Crippen LogP contribution in [0.5, 0.6) is 0 Å². The van der Waals surface area contributed by atoms with Crippen LogP contribution in [0.15, 0.2) is 29.4 Å². The molecule has 0 bridgehead atoms. The molecule has 0 radical (unpaired) electrons. The molecule has 2 rings (SSSR count). The molecular weight excluding hydrogens is 370 g/mol. The van der Waals surface area contributed by atoms with Crippen molar-refractivity contribution in [3.8, 4) is 0 Å². The zero-order valence-electron chi connectivity index (χ0n) is 15.0. The van der Waals surface area contributed by atoms with E-state index in [1.54, 1.807) is 6.20 Å². The van der Waals surface area contributed by atoms with Gasteiger partial charge in [0.05, 0.1) is 5.03 Å². The van der Waals surface area contributed by atoms with E-state index in [0.29, 0.717) is 30.2 Å². The molecule has 0 unspecified atom stereocenters. The van der Waals surface area contributed by atoms with Crippen LogP contribution in [0.2, 0.25) is 0 Å². The van der Waals surface area contributed by atoms with E-state index in [2.05, 4.69) is 10.3 Å². The van der Waals surface area contributed by atoms with E-state index >= 15 is 0 Å². The van der Waals surface area contributed by atoms with E-state index in [4.69, 9.17) is 4.84 Å². The van der Waals surface area contributed by atoms with E-state index in [0.717, 1.165) is 17.9 Å². The highest BCUT2D eigenvalue weighted by molar-refractivity contribution is 7.99. The summed E-state index contributed by atoms with van der Waals surface area (Å²) in [6.07, 6.45) is 4.50. The molecule has 2 heterocycles. The first-order valence-corrected chi connectivity index (χ1v) is 9.92. The number of carbonyl (C=O) groups is 4. The number of aromatic nitrogens is 1. The minimum Gasteiger partial charge on any atom is -0.356 e. The van der Waals surface area contributed by atoms with Crippen molar-refractivity contribution < 1.29 is 24.0 Å². The van der Waals surface area contributed by atoms with Crippen LogP contribution in [0, 0.1) is 0 Å². The maximum absolute atomic E-state index is 11.7. The van der Waals surface area contributed by atoms with E-state index < -0.39 is 17.8 Å². The van der Waals surface area contributed by atoms with Crippen LogP contribution in [-0.4, -0.2) is 46.0 Å². The first-order valence-electron chi connectivity index (χ1n) is 8.93. The van der Waals surface area contributed by atoms with Crippen molar-refractivity contribution in [2.45, 2.75) is 50.0 Å².